The number of ether oxygens (including phenoxy) is 1. The predicted molar refractivity (Wildman–Crippen MR) is 60.7 cm³/mol. The highest BCUT2D eigenvalue weighted by Crippen LogP contribution is 2.42. The first-order chi connectivity index (χ1) is 7.71. The zero-order chi connectivity index (χ0) is 11.2. The Kier molecular flexibility index (Phi) is 1.72. The lowest BCUT2D eigenvalue weighted by molar-refractivity contribution is -0.129. The molecule has 3 heteroatoms. The van der Waals surface area contributed by atoms with E-state index < -0.39 is 11.5 Å². The number of hydrogen-bond donors (Lipinski definition) is 1. The summed E-state index contributed by atoms with van der Waals surface area (Å²) in [7, 11) is 0. The highest BCUT2D eigenvalue weighted by molar-refractivity contribution is 5.92. The fourth-order valence-corrected chi connectivity index (χ4v) is 2.21. The Morgan fingerprint density at radius 3 is 3.00 bits per heavy atom. The number of allylic oxidation sites excluding steroid dienone is 2. The standard InChI is InChI=1S/C13H11NO2/c14-12(15)13-7-3-4-9(8-13)10-5-1-2-6-11(10)16-13/h1-7H,8H2,(H2,14,15). The molecule has 0 saturated heterocycles. The quantitative estimate of drug-likeness (QED) is 0.771. The maximum atomic E-state index is 11.5. The van der Waals surface area contributed by atoms with Gasteiger partial charge in [0.15, 0.2) is 0 Å². The van der Waals surface area contributed by atoms with E-state index in [0.717, 1.165) is 16.9 Å². The Labute approximate surface area is 93.2 Å². The molecule has 0 radical (unpaired) electrons. The third kappa shape index (κ3) is 1.11. The van der Waals surface area contributed by atoms with Crippen LogP contribution in [-0.2, 0) is 4.79 Å². The summed E-state index contributed by atoms with van der Waals surface area (Å²) >= 11 is 0. The molecule has 1 aliphatic carbocycles. The van der Waals surface area contributed by atoms with E-state index in [4.69, 9.17) is 10.5 Å². The van der Waals surface area contributed by atoms with Crippen molar-refractivity contribution in [2.75, 3.05) is 0 Å². The lowest BCUT2D eigenvalue weighted by Crippen LogP contribution is -2.49. The van der Waals surface area contributed by atoms with Gasteiger partial charge in [-0.25, -0.2) is 0 Å². The summed E-state index contributed by atoms with van der Waals surface area (Å²) in [6.07, 6.45) is 6.09. The van der Waals surface area contributed by atoms with Crippen LogP contribution in [0.2, 0.25) is 0 Å². The van der Waals surface area contributed by atoms with Gasteiger partial charge in [0.1, 0.15) is 5.75 Å². The van der Waals surface area contributed by atoms with Gasteiger partial charge in [-0.1, -0.05) is 30.4 Å². The Morgan fingerprint density at radius 2 is 2.19 bits per heavy atom. The van der Waals surface area contributed by atoms with Crippen LogP contribution in [0, 0.1) is 0 Å². The number of carbonyl (C=O) groups excluding carboxylic acids is 1. The molecule has 1 aromatic carbocycles. The van der Waals surface area contributed by atoms with Crippen molar-refractivity contribution in [3.8, 4) is 5.75 Å². The molecule has 3 nitrogen and oxygen atoms in total. The van der Waals surface area contributed by atoms with Gasteiger partial charge < -0.3 is 10.5 Å². The monoisotopic (exact) mass is 213 g/mol. The summed E-state index contributed by atoms with van der Waals surface area (Å²) in [5.74, 6) is 0.284. The molecule has 16 heavy (non-hydrogen) atoms. The lowest BCUT2D eigenvalue weighted by atomic mass is 9.83. The first kappa shape index (κ1) is 9.21. The van der Waals surface area contributed by atoms with Gasteiger partial charge in [0.25, 0.3) is 5.91 Å². The molecule has 3 rings (SSSR count). The Balaban J connectivity index is 2.20. The molecule has 0 fully saturated rings. The molecule has 0 spiro atoms. The number of benzene rings is 1. The maximum Gasteiger partial charge on any atom is 0.266 e. The highest BCUT2D eigenvalue weighted by atomic mass is 16.5. The van der Waals surface area contributed by atoms with Gasteiger partial charge in [-0.3, -0.25) is 4.79 Å². The third-order valence-electron chi connectivity index (χ3n) is 3.06. The topological polar surface area (TPSA) is 52.3 Å². The molecule has 80 valence electrons. The minimum absolute atomic E-state index is 0.441. The van der Waals surface area contributed by atoms with Crippen molar-refractivity contribution in [2.24, 2.45) is 5.73 Å². The van der Waals surface area contributed by atoms with Crippen molar-refractivity contribution >= 4 is 11.5 Å². The van der Waals surface area contributed by atoms with Crippen LogP contribution in [0.4, 0.5) is 0 Å². The number of hydrogen-bond acceptors (Lipinski definition) is 2. The summed E-state index contributed by atoms with van der Waals surface area (Å²) in [6.45, 7) is 0. The molecule has 1 aliphatic heterocycles. The molecule has 1 heterocycles. The van der Waals surface area contributed by atoms with E-state index in [1.54, 1.807) is 6.08 Å². The SMILES string of the molecule is NC(=O)C12C=CC=C(C1)c1ccccc1O2. The van der Waals surface area contributed by atoms with Crippen LogP contribution in [0.15, 0.2) is 42.5 Å². The van der Waals surface area contributed by atoms with Crippen molar-refractivity contribution < 1.29 is 9.53 Å². The number of carbonyl (C=O) groups is 1. The van der Waals surface area contributed by atoms with Crippen LogP contribution in [0.5, 0.6) is 5.75 Å². The molecule has 2 bridgehead atoms. The molecule has 1 aromatic rings. The summed E-state index contributed by atoms with van der Waals surface area (Å²) in [6, 6.07) is 7.70. The van der Waals surface area contributed by atoms with Crippen LogP contribution in [0.1, 0.15) is 12.0 Å². The van der Waals surface area contributed by atoms with E-state index in [9.17, 15) is 4.79 Å². The molecule has 0 saturated carbocycles. The maximum absolute atomic E-state index is 11.5. The second-order valence-electron chi connectivity index (χ2n) is 4.08. The number of amides is 1. The van der Waals surface area contributed by atoms with Gasteiger partial charge in [0.2, 0.25) is 5.60 Å². The molecule has 2 N–H and O–H groups in total. The van der Waals surface area contributed by atoms with Crippen LogP contribution in [-0.4, -0.2) is 11.5 Å². The minimum Gasteiger partial charge on any atom is -0.472 e. The second kappa shape index (κ2) is 2.98. The highest BCUT2D eigenvalue weighted by Gasteiger charge is 2.42. The first-order valence-corrected chi connectivity index (χ1v) is 5.18. The number of nitrogens with two attached hydrogens (primary N) is 1. The Hall–Kier alpha value is -2.03. The van der Waals surface area contributed by atoms with Crippen molar-refractivity contribution in [3.63, 3.8) is 0 Å². The molecule has 0 aromatic heterocycles. The molecule has 1 atom stereocenters. The average Bonchev–Trinajstić information content (AvgIpc) is 2.29. The molecular formula is C13H11NO2. The Bertz CT molecular complexity index is 530. The van der Waals surface area contributed by atoms with Crippen molar-refractivity contribution in [2.45, 2.75) is 12.0 Å². The van der Waals surface area contributed by atoms with E-state index in [2.05, 4.69) is 0 Å². The van der Waals surface area contributed by atoms with Gasteiger partial charge in [-0.2, -0.15) is 0 Å². The van der Waals surface area contributed by atoms with Crippen molar-refractivity contribution in [1.29, 1.82) is 0 Å². The van der Waals surface area contributed by atoms with Crippen LogP contribution >= 0.6 is 0 Å². The number of rotatable bonds is 1. The number of primary amides is 1. The fraction of sp³-hybridized carbons (Fsp3) is 0.154. The van der Waals surface area contributed by atoms with E-state index >= 15 is 0 Å². The second-order valence-corrected chi connectivity index (χ2v) is 4.08. The zero-order valence-corrected chi connectivity index (χ0v) is 8.64. The lowest BCUT2D eigenvalue weighted by Gasteiger charge is -2.36. The van der Waals surface area contributed by atoms with Gasteiger partial charge >= 0.3 is 0 Å². The summed E-state index contributed by atoms with van der Waals surface area (Å²) in [4.78, 5) is 11.5. The molecule has 2 aliphatic rings. The van der Waals surface area contributed by atoms with Gasteiger partial charge in [0.05, 0.1) is 0 Å². The van der Waals surface area contributed by atoms with Gasteiger partial charge in [-0.05, 0) is 17.7 Å². The van der Waals surface area contributed by atoms with Crippen LogP contribution in [0.25, 0.3) is 5.57 Å². The summed E-state index contributed by atoms with van der Waals surface area (Å²) in [5.41, 5.74) is 6.58. The molecule has 1 amide bonds. The summed E-state index contributed by atoms with van der Waals surface area (Å²) in [5, 5.41) is 0. The summed E-state index contributed by atoms with van der Waals surface area (Å²) < 4.78 is 5.75. The van der Waals surface area contributed by atoms with E-state index in [1.165, 1.54) is 0 Å². The predicted octanol–water partition coefficient (Wildman–Crippen LogP) is 1.65. The number of fused-ring (bicyclic) bond motifs is 4. The van der Waals surface area contributed by atoms with Crippen LogP contribution < -0.4 is 10.5 Å². The van der Waals surface area contributed by atoms with Crippen molar-refractivity contribution in [1.82, 2.24) is 0 Å². The fourth-order valence-electron chi connectivity index (χ4n) is 2.21. The van der Waals surface area contributed by atoms with Crippen LogP contribution in [0.3, 0.4) is 0 Å². The zero-order valence-electron chi connectivity index (χ0n) is 8.64. The minimum atomic E-state index is -0.988. The van der Waals surface area contributed by atoms with Gasteiger partial charge in [0, 0.05) is 12.0 Å². The Morgan fingerprint density at radius 1 is 1.38 bits per heavy atom. The average molecular weight is 213 g/mol. The van der Waals surface area contributed by atoms with Crippen molar-refractivity contribution in [3.05, 3.63) is 48.1 Å². The molecular weight excluding hydrogens is 202 g/mol. The first-order valence-electron chi connectivity index (χ1n) is 5.18. The largest absolute Gasteiger partial charge is 0.472 e. The van der Waals surface area contributed by atoms with E-state index in [-0.39, 0.29) is 0 Å². The molecule has 1 unspecified atom stereocenters. The van der Waals surface area contributed by atoms with Gasteiger partial charge in [-0.15, -0.1) is 0 Å². The third-order valence-corrected chi connectivity index (χ3v) is 3.06. The smallest absolute Gasteiger partial charge is 0.266 e. The van der Waals surface area contributed by atoms with E-state index in [1.807, 2.05) is 36.4 Å². The normalized spacial score (nSPS) is 25.4. The number of para-hydroxylation sites is 1. The van der Waals surface area contributed by atoms with E-state index in [0.29, 0.717) is 6.42 Å².